The molecule has 1 aromatic rings. The Morgan fingerprint density at radius 3 is 1.95 bits per heavy atom. The summed E-state index contributed by atoms with van der Waals surface area (Å²) in [6.07, 6.45) is 0. The molecule has 0 amide bonds. The Bertz CT molecular complexity index is 687. The van der Waals surface area contributed by atoms with Crippen molar-refractivity contribution in [3.8, 4) is 0 Å². The van der Waals surface area contributed by atoms with E-state index >= 15 is 0 Å². The third kappa shape index (κ3) is 5.24. The summed E-state index contributed by atoms with van der Waals surface area (Å²) >= 11 is 16.5. The van der Waals surface area contributed by atoms with E-state index in [1.165, 1.54) is 0 Å². The zero-order chi connectivity index (χ0) is 16.1. The quantitative estimate of drug-likeness (QED) is 0.494. The van der Waals surface area contributed by atoms with Crippen molar-refractivity contribution in [2.45, 2.75) is 9.79 Å². The lowest BCUT2D eigenvalue weighted by atomic mass is 10.4. The summed E-state index contributed by atoms with van der Waals surface area (Å²) in [5, 5.41) is -0.180. The monoisotopic (exact) mass is 396 g/mol. The van der Waals surface area contributed by atoms with Crippen LogP contribution in [0.5, 0.6) is 0 Å². The van der Waals surface area contributed by atoms with Crippen LogP contribution in [0.1, 0.15) is 0 Å². The maximum atomic E-state index is 11.9. The predicted molar refractivity (Wildman–Crippen MR) is 79.2 cm³/mol. The smallest absolute Gasteiger partial charge is 0.265 e. The molecule has 0 bridgehead atoms. The van der Waals surface area contributed by atoms with Crippen molar-refractivity contribution in [1.29, 1.82) is 0 Å². The summed E-state index contributed by atoms with van der Waals surface area (Å²) in [5.41, 5.74) is 0. The fourth-order valence-corrected chi connectivity index (χ4v) is 4.00. The molecular formula is C10H11Cl3O6S2. The van der Waals surface area contributed by atoms with Crippen LogP contribution in [-0.4, -0.2) is 41.8 Å². The van der Waals surface area contributed by atoms with Gasteiger partial charge in [-0.1, -0.05) is 11.6 Å². The van der Waals surface area contributed by atoms with E-state index in [4.69, 9.17) is 34.8 Å². The molecule has 21 heavy (non-hydrogen) atoms. The standard InChI is InChI=1S/C10H11Cl3O6S2/c11-3-5-18-20(14,15)8-1-2-9(13)10(7-8)21(16,17)19-6-4-12/h1-2,7H,3-6H2. The molecule has 0 atom stereocenters. The largest absolute Gasteiger partial charge is 0.298 e. The molecule has 0 saturated carbocycles. The van der Waals surface area contributed by atoms with E-state index in [1.54, 1.807) is 0 Å². The molecule has 6 nitrogen and oxygen atoms in total. The Kier molecular flexibility index (Phi) is 7.18. The zero-order valence-electron chi connectivity index (χ0n) is 10.5. The van der Waals surface area contributed by atoms with Gasteiger partial charge in [-0.3, -0.25) is 8.37 Å². The third-order valence-corrected chi connectivity index (χ3v) is 5.50. The fourth-order valence-electron chi connectivity index (χ4n) is 1.24. The van der Waals surface area contributed by atoms with Crippen LogP contribution in [0.2, 0.25) is 5.02 Å². The molecule has 0 N–H and O–H groups in total. The van der Waals surface area contributed by atoms with E-state index < -0.39 is 25.1 Å². The fraction of sp³-hybridized carbons (Fsp3) is 0.400. The highest BCUT2D eigenvalue weighted by molar-refractivity contribution is 7.87. The Morgan fingerprint density at radius 2 is 1.43 bits per heavy atom. The van der Waals surface area contributed by atoms with Crippen molar-refractivity contribution in [2.75, 3.05) is 25.0 Å². The van der Waals surface area contributed by atoms with Gasteiger partial charge in [-0.05, 0) is 18.2 Å². The molecule has 0 spiro atoms. The van der Waals surface area contributed by atoms with E-state index in [9.17, 15) is 16.8 Å². The first kappa shape index (κ1) is 19.0. The topological polar surface area (TPSA) is 86.7 Å². The van der Waals surface area contributed by atoms with Crippen molar-refractivity contribution in [1.82, 2.24) is 0 Å². The van der Waals surface area contributed by atoms with Crippen LogP contribution in [0.4, 0.5) is 0 Å². The summed E-state index contributed by atoms with van der Waals surface area (Å²) in [5.74, 6) is -0.0789. The number of hydrogen-bond donors (Lipinski definition) is 0. The third-order valence-electron chi connectivity index (χ3n) is 2.09. The Hall–Kier alpha value is -0.0900. The molecule has 0 aromatic heterocycles. The summed E-state index contributed by atoms with van der Waals surface area (Å²) in [6.45, 7) is -0.503. The summed E-state index contributed by atoms with van der Waals surface area (Å²) in [4.78, 5) is -0.852. The van der Waals surface area contributed by atoms with Crippen LogP contribution < -0.4 is 0 Å². The minimum Gasteiger partial charge on any atom is -0.265 e. The van der Waals surface area contributed by atoms with Crippen molar-refractivity contribution in [3.63, 3.8) is 0 Å². The lowest BCUT2D eigenvalue weighted by Gasteiger charge is -2.09. The summed E-state index contributed by atoms with van der Waals surface area (Å²) < 4.78 is 56.6. The van der Waals surface area contributed by atoms with Gasteiger partial charge in [0, 0.05) is 11.8 Å². The Morgan fingerprint density at radius 1 is 0.905 bits per heavy atom. The van der Waals surface area contributed by atoms with Gasteiger partial charge in [-0.25, -0.2) is 0 Å². The van der Waals surface area contributed by atoms with Crippen LogP contribution in [0.15, 0.2) is 28.0 Å². The molecule has 1 aromatic carbocycles. The minimum atomic E-state index is -4.22. The second kappa shape index (κ2) is 7.96. The molecule has 0 aliphatic carbocycles. The molecule has 0 radical (unpaired) electrons. The van der Waals surface area contributed by atoms with Crippen molar-refractivity contribution in [2.24, 2.45) is 0 Å². The van der Waals surface area contributed by atoms with Crippen LogP contribution in [-0.2, 0) is 28.6 Å². The Labute approximate surface area is 138 Å². The SMILES string of the molecule is O=S(=O)(OCCCl)c1ccc(Cl)c(S(=O)(=O)OCCCl)c1. The molecule has 0 saturated heterocycles. The second-order valence-electron chi connectivity index (χ2n) is 3.52. The molecule has 120 valence electrons. The molecule has 0 aliphatic heterocycles. The molecule has 11 heteroatoms. The molecule has 0 unspecified atom stereocenters. The zero-order valence-corrected chi connectivity index (χ0v) is 14.4. The number of alkyl halides is 2. The van der Waals surface area contributed by atoms with E-state index in [0.29, 0.717) is 0 Å². The predicted octanol–water partition coefficient (Wildman–Crippen LogP) is 2.23. The number of hydrogen-bond acceptors (Lipinski definition) is 6. The molecule has 0 aliphatic rings. The lowest BCUT2D eigenvalue weighted by molar-refractivity contribution is 0.339. The van der Waals surface area contributed by atoms with E-state index in [1.807, 2.05) is 0 Å². The van der Waals surface area contributed by atoms with Crippen LogP contribution in [0, 0.1) is 0 Å². The maximum absolute atomic E-state index is 11.9. The van der Waals surface area contributed by atoms with E-state index in [-0.39, 0.29) is 34.9 Å². The highest BCUT2D eigenvalue weighted by Gasteiger charge is 2.23. The number of halogens is 3. The van der Waals surface area contributed by atoms with Gasteiger partial charge in [0.2, 0.25) is 0 Å². The van der Waals surface area contributed by atoms with Gasteiger partial charge < -0.3 is 0 Å². The van der Waals surface area contributed by atoms with Gasteiger partial charge in [0.05, 0.1) is 23.1 Å². The minimum absolute atomic E-state index is 0.0309. The first-order chi connectivity index (χ1) is 9.74. The molecule has 0 heterocycles. The highest BCUT2D eigenvalue weighted by Crippen LogP contribution is 2.27. The first-order valence-electron chi connectivity index (χ1n) is 5.45. The van der Waals surface area contributed by atoms with Crippen LogP contribution in [0.25, 0.3) is 0 Å². The van der Waals surface area contributed by atoms with Crippen LogP contribution >= 0.6 is 34.8 Å². The summed E-state index contributed by atoms with van der Waals surface area (Å²) in [7, 11) is -8.35. The van der Waals surface area contributed by atoms with E-state index in [2.05, 4.69) is 8.37 Å². The summed E-state index contributed by atoms with van der Waals surface area (Å²) in [6, 6.07) is 3.09. The van der Waals surface area contributed by atoms with E-state index in [0.717, 1.165) is 18.2 Å². The molecular weight excluding hydrogens is 387 g/mol. The highest BCUT2D eigenvalue weighted by atomic mass is 35.5. The van der Waals surface area contributed by atoms with Gasteiger partial charge >= 0.3 is 0 Å². The normalized spacial score (nSPS) is 12.5. The average molecular weight is 398 g/mol. The van der Waals surface area contributed by atoms with Gasteiger partial charge in [0.15, 0.2) is 0 Å². The van der Waals surface area contributed by atoms with Gasteiger partial charge in [-0.15, -0.1) is 23.2 Å². The van der Waals surface area contributed by atoms with Crippen molar-refractivity contribution >= 4 is 55.0 Å². The average Bonchev–Trinajstić information content (AvgIpc) is 2.43. The van der Waals surface area contributed by atoms with Gasteiger partial charge in [0.1, 0.15) is 4.90 Å². The van der Waals surface area contributed by atoms with Crippen molar-refractivity contribution < 1.29 is 25.2 Å². The van der Waals surface area contributed by atoms with Crippen molar-refractivity contribution in [3.05, 3.63) is 23.2 Å². The van der Waals surface area contributed by atoms with Crippen LogP contribution in [0.3, 0.4) is 0 Å². The van der Waals surface area contributed by atoms with Gasteiger partial charge in [-0.2, -0.15) is 16.8 Å². The maximum Gasteiger partial charge on any atom is 0.298 e. The number of rotatable bonds is 8. The number of benzene rings is 1. The lowest BCUT2D eigenvalue weighted by Crippen LogP contribution is -2.12. The van der Waals surface area contributed by atoms with Gasteiger partial charge in [0.25, 0.3) is 20.2 Å². The second-order valence-corrected chi connectivity index (χ2v) is 7.88. The first-order valence-corrected chi connectivity index (χ1v) is 9.71. The Balaban J connectivity index is 3.23. The molecule has 1 rings (SSSR count). The molecule has 0 fully saturated rings.